The lowest BCUT2D eigenvalue weighted by Gasteiger charge is -2.08. The van der Waals surface area contributed by atoms with Gasteiger partial charge in [0.05, 0.1) is 0 Å². The van der Waals surface area contributed by atoms with Crippen molar-refractivity contribution in [2.75, 3.05) is 0 Å². The Labute approximate surface area is 98.7 Å². The molecule has 1 aromatic heterocycles. The zero-order valence-electron chi connectivity index (χ0n) is 9.38. The Balaban J connectivity index is 2.55. The van der Waals surface area contributed by atoms with Gasteiger partial charge in [-0.05, 0) is 59.7 Å². The van der Waals surface area contributed by atoms with Gasteiger partial charge in [-0.2, -0.15) is 0 Å². The summed E-state index contributed by atoms with van der Waals surface area (Å²) in [5.41, 5.74) is 9.80. The SMILES string of the molecule is Cc1cc(F)cc(C)c1-c1csc(CN)c1. The summed E-state index contributed by atoms with van der Waals surface area (Å²) in [6, 6.07) is 5.22. The summed E-state index contributed by atoms with van der Waals surface area (Å²) >= 11 is 1.65. The van der Waals surface area contributed by atoms with Crippen molar-refractivity contribution >= 4 is 11.3 Å². The van der Waals surface area contributed by atoms with Crippen LogP contribution in [0.5, 0.6) is 0 Å². The summed E-state index contributed by atoms with van der Waals surface area (Å²) in [5.74, 6) is -0.173. The van der Waals surface area contributed by atoms with E-state index in [1.54, 1.807) is 23.5 Å². The first-order valence-electron chi connectivity index (χ1n) is 5.16. The second-order valence-electron chi connectivity index (χ2n) is 3.92. The van der Waals surface area contributed by atoms with Gasteiger partial charge >= 0.3 is 0 Å². The maximum atomic E-state index is 13.2. The Kier molecular flexibility index (Phi) is 3.08. The van der Waals surface area contributed by atoms with E-state index in [1.807, 2.05) is 13.8 Å². The number of thiophene rings is 1. The first-order valence-corrected chi connectivity index (χ1v) is 6.04. The molecule has 84 valence electrons. The van der Waals surface area contributed by atoms with E-state index in [0.717, 1.165) is 27.1 Å². The number of nitrogens with two attached hydrogens (primary N) is 1. The minimum Gasteiger partial charge on any atom is -0.326 e. The number of halogens is 1. The van der Waals surface area contributed by atoms with Crippen LogP contribution in [0.2, 0.25) is 0 Å². The summed E-state index contributed by atoms with van der Waals surface area (Å²) in [5, 5.41) is 2.08. The first-order chi connectivity index (χ1) is 7.61. The Bertz CT molecular complexity index is 493. The molecule has 0 bridgehead atoms. The molecule has 0 aliphatic rings. The molecule has 2 rings (SSSR count). The predicted octanol–water partition coefficient (Wildman–Crippen LogP) is 3.63. The number of hydrogen-bond acceptors (Lipinski definition) is 2. The molecule has 2 N–H and O–H groups in total. The molecule has 1 heterocycles. The third kappa shape index (κ3) is 2.01. The summed E-state index contributed by atoms with van der Waals surface area (Å²) in [7, 11) is 0. The highest BCUT2D eigenvalue weighted by molar-refractivity contribution is 7.10. The Morgan fingerprint density at radius 1 is 1.19 bits per heavy atom. The van der Waals surface area contributed by atoms with Crippen molar-refractivity contribution in [1.29, 1.82) is 0 Å². The molecule has 0 atom stereocenters. The van der Waals surface area contributed by atoms with E-state index in [-0.39, 0.29) is 5.82 Å². The molecule has 2 aromatic rings. The van der Waals surface area contributed by atoms with Crippen molar-refractivity contribution < 1.29 is 4.39 Å². The molecule has 1 nitrogen and oxygen atoms in total. The van der Waals surface area contributed by atoms with Gasteiger partial charge < -0.3 is 5.73 Å². The van der Waals surface area contributed by atoms with E-state index in [0.29, 0.717) is 6.54 Å². The van der Waals surface area contributed by atoms with Gasteiger partial charge in [0, 0.05) is 11.4 Å². The molecule has 0 spiro atoms. The molecule has 0 aliphatic heterocycles. The fourth-order valence-corrected chi connectivity index (χ4v) is 2.74. The highest BCUT2D eigenvalue weighted by Gasteiger charge is 2.09. The van der Waals surface area contributed by atoms with Crippen molar-refractivity contribution in [3.8, 4) is 11.1 Å². The number of aryl methyl sites for hydroxylation is 2. The molecule has 16 heavy (non-hydrogen) atoms. The van der Waals surface area contributed by atoms with Gasteiger partial charge in [-0.3, -0.25) is 0 Å². The smallest absolute Gasteiger partial charge is 0.123 e. The Morgan fingerprint density at radius 2 is 1.81 bits per heavy atom. The first kappa shape index (κ1) is 11.3. The minimum absolute atomic E-state index is 0.173. The lowest BCUT2D eigenvalue weighted by Crippen LogP contribution is -1.92. The lowest BCUT2D eigenvalue weighted by atomic mass is 9.97. The molecule has 0 saturated carbocycles. The zero-order valence-corrected chi connectivity index (χ0v) is 10.2. The molecule has 0 amide bonds. The van der Waals surface area contributed by atoms with Crippen LogP contribution in [-0.4, -0.2) is 0 Å². The Hall–Kier alpha value is -1.19. The Morgan fingerprint density at radius 3 is 2.31 bits per heavy atom. The van der Waals surface area contributed by atoms with Gasteiger partial charge in [0.2, 0.25) is 0 Å². The van der Waals surface area contributed by atoms with E-state index in [2.05, 4.69) is 11.4 Å². The van der Waals surface area contributed by atoms with Gasteiger partial charge in [-0.25, -0.2) is 4.39 Å². The average molecular weight is 235 g/mol. The maximum absolute atomic E-state index is 13.2. The lowest BCUT2D eigenvalue weighted by molar-refractivity contribution is 0.625. The molecule has 0 aliphatic carbocycles. The van der Waals surface area contributed by atoms with Crippen molar-refractivity contribution in [3.05, 3.63) is 45.4 Å². The third-order valence-corrected chi connectivity index (χ3v) is 3.60. The van der Waals surface area contributed by atoms with Crippen LogP contribution in [-0.2, 0) is 6.54 Å². The highest BCUT2D eigenvalue weighted by Crippen LogP contribution is 2.31. The summed E-state index contributed by atoms with van der Waals surface area (Å²) in [6.45, 7) is 4.43. The van der Waals surface area contributed by atoms with Crippen molar-refractivity contribution in [2.24, 2.45) is 5.73 Å². The van der Waals surface area contributed by atoms with Gasteiger partial charge in [0.25, 0.3) is 0 Å². The molecule has 0 saturated heterocycles. The van der Waals surface area contributed by atoms with Crippen LogP contribution in [0.15, 0.2) is 23.6 Å². The molecule has 0 fully saturated rings. The maximum Gasteiger partial charge on any atom is 0.123 e. The monoisotopic (exact) mass is 235 g/mol. The van der Waals surface area contributed by atoms with Gasteiger partial charge in [-0.15, -0.1) is 11.3 Å². The van der Waals surface area contributed by atoms with Crippen LogP contribution in [0.4, 0.5) is 4.39 Å². The summed E-state index contributed by atoms with van der Waals surface area (Å²) in [6.07, 6.45) is 0. The summed E-state index contributed by atoms with van der Waals surface area (Å²) < 4.78 is 13.2. The van der Waals surface area contributed by atoms with Crippen LogP contribution in [0, 0.1) is 19.7 Å². The fourth-order valence-electron chi connectivity index (χ4n) is 1.98. The largest absolute Gasteiger partial charge is 0.326 e. The van der Waals surface area contributed by atoms with Gasteiger partial charge in [0.15, 0.2) is 0 Å². The number of rotatable bonds is 2. The third-order valence-electron chi connectivity index (χ3n) is 2.64. The summed E-state index contributed by atoms with van der Waals surface area (Å²) in [4.78, 5) is 1.15. The van der Waals surface area contributed by atoms with Crippen LogP contribution in [0.3, 0.4) is 0 Å². The number of benzene rings is 1. The zero-order chi connectivity index (χ0) is 11.7. The van der Waals surface area contributed by atoms with E-state index in [1.165, 1.54) is 0 Å². The molecule has 0 radical (unpaired) electrons. The molecular formula is C13H14FNS. The second kappa shape index (κ2) is 4.36. The van der Waals surface area contributed by atoms with Crippen LogP contribution in [0.1, 0.15) is 16.0 Å². The van der Waals surface area contributed by atoms with Gasteiger partial charge in [-0.1, -0.05) is 0 Å². The van der Waals surface area contributed by atoms with E-state index in [9.17, 15) is 4.39 Å². The highest BCUT2D eigenvalue weighted by atomic mass is 32.1. The van der Waals surface area contributed by atoms with E-state index in [4.69, 9.17) is 5.73 Å². The van der Waals surface area contributed by atoms with Crippen LogP contribution < -0.4 is 5.73 Å². The molecule has 1 aromatic carbocycles. The molecule has 3 heteroatoms. The molecular weight excluding hydrogens is 221 g/mol. The van der Waals surface area contributed by atoms with Crippen LogP contribution >= 0.6 is 11.3 Å². The molecule has 0 unspecified atom stereocenters. The minimum atomic E-state index is -0.173. The standard InChI is InChI=1S/C13H14FNS/c1-8-3-11(14)4-9(2)13(8)10-5-12(6-15)16-7-10/h3-5,7H,6,15H2,1-2H3. The predicted molar refractivity (Wildman–Crippen MR) is 67.1 cm³/mol. The van der Waals surface area contributed by atoms with Crippen LogP contribution in [0.25, 0.3) is 11.1 Å². The topological polar surface area (TPSA) is 26.0 Å². The quantitative estimate of drug-likeness (QED) is 0.845. The van der Waals surface area contributed by atoms with Crippen molar-refractivity contribution in [1.82, 2.24) is 0 Å². The average Bonchev–Trinajstić information content (AvgIpc) is 2.64. The number of hydrogen-bond donors (Lipinski definition) is 1. The fraction of sp³-hybridized carbons (Fsp3) is 0.231. The van der Waals surface area contributed by atoms with E-state index < -0.39 is 0 Å². The van der Waals surface area contributed by atoms with Crippen molar-refractivity contribution in [3.63, 3.8) is 0 Å². The normalized spacial score (nSPS) is 10.8. The van der Waals surface area contributed by atoms with Gasteiger partial charge in [0.1, 0.15) is 5.82 Å². The second-order valence-corrected chi connectivity index (χ2v) is 4.92. The van der Waals surface area contributed by atoms with E-state index >= 15 is 0 Å². The van der Waals surface area contributed by atoms with Crippen molar-refractivity contribution in [2.45, 2.75) is 20.4 Å².